The number of fused-ring (bicyclic) bond motifs is 1. The van der Waals surface area contributed by atoms with E-state index in [2.05, 4.69) is 10.2 Å². The van der Waals surface area contributed by atoms with Crippen LogP contribution >= 0.6 is 0 Å². The zero-order valence-electron chi connectivity index (χ0n) is 18.5. The fourth-order valence-corrected chi connectivity index (χ4v) is 4.24. The first-order chi connectivity index (χ1) is 15.9. The van der Waals surface area contributed by atoms with Gasteiger partial charge in [0.15, 0.2) is 0 Å². The molecule has 3 aromatic rings. The summed E-state index contributed by atoms with van der Waals surface area (Å²) >= 11 is 0. The number of hydrogen-bond donors (Lipinski definition) is 1. The van der Waals surface area contributed by atoms with Crippen LogP contribution in [0.1, 0.15) is 47.4 Å². The number of rotatable bonds is 7. The molecule has 2 atom stereocenters. The first-order valence-corrected chi connectivity index (χ1v) is 10.9. The summed E-state index contributed by atoms with van der Waals surface area (Å²) in [6.45, 7) is 3.39. The number of nitroso groups, excluding NO2 is 1. The van der Waals surface area contributed by atoms with Crippen LogP contribution in [0.5, 0.6) is 5.75 Å². The Morgan fingerprint density at radius 1 is 1.24 bits per heavy atom. The number of carbonyl (C=O) groups is 1. The summed E-state index contributed by atoms with van der Waals surface area (Å²) < 4.78 is 20.7. The molecule has 1 aromatic heterocycles. The van der Waals surface area contributed by atoms with E-state index in [4.69, 9.17) is 4.74 Å². The largest absolute Gasteiger partial charge is 0.485 e. The lowest BCUT2D eigenvalue weighted by Crippen LogP contribution is -2.16. The third-order valence-electron chi connectivity index (χ3n) is 6.06. The van der Waals surface area contributed by atoms with Gasteiger partial charge in [-0.05, 0) is 72.2 Å². The third kappa shape index (κ3) is 4.92. The number of nitrogens with zero attached hydrogens (tertiary/aromatic N) is 2. The molecule has 170 valence electrons. The van der Waals surface area contributed by atoms with Crippen LogP contribution in [0.2, 0.25) is 0 Å². The molecule has 0 saturated heterocycles. The van der Waals surface area contributed by atoms with Crippen molar-refractivity contribution in [2.45, 2.75) is 45.8 Å². The maximum Gasteiger partial charge on any atom is 0.306 e. The van der Waals surface area contributed by atoms with E-state index in [0.717, 1.165) is 35.3 Å². The highest BCUT2D eigenvalue weighted by atomic mass is 19.1. The Kier molecular flexibility index (Phi) is 6.49. The third-order valence-corrected chi connectivity index (χ3v) is 6.06. The minimum Gasteiger partial charge on any atom is -0.485 e. The lowest BCUT2D eigenvalue weighted by Gasteiger charge is -2.27. The number of carboxylic acids is 1. The SMILES string of the molecule is Cc1cc(-c2ccc(C3CCc4ccc(CC(C)C(=O)O)cc4O3)cc2CN=O)c(F)cn1. The van der Waals surface area contributed by atoms with Gasteiger partial charge in [-0.25, -0.2) is 4.39 Å². The summed E-state index contributed by atoms with van der Waals surface area (Å²) in [5.74, 6) is -1.02. The van der Waals surface area contributed by atoms with Crippen molar-refractivity contribution >= 4 is 5.97 Å². The Morgan fingerprint density at radius 3 is 2.82 bits per heavy atom. The molecule has 2 heterocycles. The second kappa shape index (κ2) is 9.48. The Morgan fingerprint density at radius 2 is 2.06 bits per heavy atom. The molecular formula is C26H25FN2O4. The lowest BCUT2D eigenvalue weighted by atomic mass is 9.91. The first kappa shape index (κ1) is 22.6. The summed E-state index contributed by atoms with van der Waals surface area (Å²) in [4.78, 5) is 26.3. The average Bonchev–Trinajstić information content (AvgIpc) is 2.80. The molecular weight excluding hydrogens is 423 g/mol. The van der Waals surface area contributed by atoms with Crippen LogP contribution in [-0.4, -0.2) is 16.1 Å². The van der Waals surface area contributed by atoms with Gasteiger partial charge in [0.05, 0.1) is 12.1 Å². The molecule has 1 aliphatic rings. The maximum atomic E-state index is 14.4. The van der Waals surface area contributed by atoms with E-state index in [1.54, 1.807) is 26.0 Å². The quantitative estimate of drug-likeness (QED) is 0.462. The van der Waals surface area contributed by atoms with Crippen LogP contribution in [-0.2, 0) is 24.2 Å². The molecule has 0 spiro atoms. The average molecular weight is 448 g/mol. The number of aromatic nitrogens is 1. The number of hydrogen-bond acceptors (Lipinski definition) is 5. The molecule has 0 radical (unpaired) electrons. The molecule has 1 aliphatic heterocycles. The van der Waals surface area contributed by atoms with Crippen LogP contribution in [0.4, 0.5) is 4.39 Å². The van der Waals surface area contributed by atoms with E-state index in [9.17, 15) is 19.2 Å². The van der Waals surface area contributed by atoms with Gasteiger partial charge in [0.2, 0.25) is 0 Å². The molecule has 2 unspecified atom stereocenters. The Labute approximate surface area is 191 Å². The Balaban J connectivity index is 1.63. The number of pyridine rings is 1. The second-order valence-electron chi connectivity index (χ2n) is 8.54. The zero-order valence-corrected chi connectivity index (χ0v) is 18.5. The highest BCUT2D eigenvalue weighted by Crippen LogP contribution is 2.38. The van der Waals surface area contributed by atoms with Gasteiger partial charge in [0.1, 0.15) is 24.2 Å². The summed E-state index contributed by atoms with van der Waals surface area (Å²) in [6.07, 6.45) is 2.95. The van der Waals surface area contributed by atoms with E-state index >= 15 is 0 Å². The maximum absolute atomic E-state index is 14.4. The van der Waals surface area contributed by atoms with E-state index in [-0.39, 0.29) is 12.6 Å². The van der Waals surface area contributed by atoms with E-state index < -0.39 is 17.7 Å². The van der Waals surface area contributed by atoms with Crippen molar-refractivity contribution in [3.8, 4) is 16.9 Å². The molecule has 0 bridgehead atoms. The lowest BCUT2D eigenvalue weighted by molar-refractivity contribution is -0.141. The fourth-order valence-electron chi connectivity index (χ4n) is 4.24. The molecule has 6 nitrogen and oxygen atoms in total. The number of carboxylic acid groups (broad SMARTS) is 1. The van der Waals surface area contributed by atoms with Gasteiger partial charge in [-0.15, -0.1) is 0 Å². The van der Waals surface area contributed by atoms with Crippen molar-refractivity contribution in [3.63, 3.8) is 0 Å². The minimum atomic E-state index is -0.830. The summed E-state index contributed by atoms with van der Waals surface area (Å²) in [5.41, 5.74) is 5.19. The summed E-state index contributed by atoms with van der Waals surface area (Å²) in [6, 6.07) is 13.1. The molecule has 0 saturated carbocycles. The standard InChI is InChI=1S/C26H25FN2O4/c1-15(26(30)31)9-17-3-4-18-6-8-24(33-25(18)11-17)19-5-7-21(20(12-19)13-29-32)22-10-16(2)28-14-23(22)27/h3-5,7,10-12,14-15,24H,6,8-9,13H2,1-2H3,(H,30,31). The summed E-state index contributed by atoms with van der Waals surface area (Å²) in [5, 5.41) is 12.2. The van der Waals surface area contributed by atoms with Crippen molar-refractivity contribution in [1.82, 2.24) is 4.98 Å². The van der Waals surface area contributed by atoms with Crippen molar-refractivity contribution in [3.05, 3.63) is 87.3 Å². The molecule has 0 fully saturated rings. The topological polar surface area (TPSA) is 88.9 Å². The van der Waals surface area contributed by atoms with Crippen LogP contribution in [0.3, 0.4) is 0 Å². The number of aryl methyl sites for hydroxylation is 2. The molecule has 0 amide bonds. The Hall–Kier alpha value is -3.61. The van der Waals surface area contributed by atoms with Gasteiger partial charge < -0.3 is 9.84 Å². The number of halogens is 1. The number of benzene rings is 2. The highest BCUT2D eigenvalue weighted by Gasteiger charge is 2.24. The van der Waals surface area contributed by atoms with Gasteiger partial charge in [0, 0.05) is 11.3 Å². The molecule has 1 N–H and O–H groups in total. The monoisotopic (exact) mass is 448 g/mol. The van der Waals surface area contributed by atoms with Crippen molar-refractivity contribution in [2.24, 2.45) is 11.1 Å². The molecule has 0 aliphatic carbocycles. The molecule has 4 rings (SSSR count). The van der Waals surface area contributed by atoms with Crippen LogP contribution in [0.25, 0.3) is 11.1 Å². The second-order valence-corrected chi connectivity index (χ2v) is 8.54. The number of ether oxygens (including phenoxy) is 1. The fraction of sp³-hybridized carbons (Fsp3) is 0.308. The van der Waals surface area contributed by atoms with Gasteiger partial charge in [-0.2, -0.15) is 4.91 Å². The van der Waals surface area contributed by atoms with Crippen LogP contribution < -0.4 is 4.74 Å². The van der Waals surface area contributed by atoms with Gasteiger partial charge in [-0.1, -0.05) is 36.4 Å². The van der Waals surface area contributed by atoms with Crippen molar-refractivity contribution in [1.29, 1.82) is 0 Å². The van der Waals surface area contributed by atoms with Gasteiger partial charge in [-0.3, -0.25) is 9.78 Å². The van der Waals surface area contributed by atoms with E-state index in [0.29, 0.717) is 28.8 Å². The van der Waals surface area contributed by atoms with Crippen LogP contribution in [0, 0.1) is 23.6 Å². The van der Waals surface area contributed by atoms with Crippen molar-refractivity contribution < 1.29 is 19.0 Å². The van der Waals surface area contributed by atoms with Crippen molar-refractivity contribution in [2.75, 3.05) is 0 Å². The van der Waals surface area contributed by atoms with Gasteiger partial charge in [0.25, 0.3) is 0 Å². The summed E-state index contributed by atoms with van der Waals surface area (Å²) in [7, 11) is 0. The predicted molar refractivity (Wildman–Crippen MR) is 123 cm³/mol. The molecule has 2 aromatic carbocycles. The Bertz CT molecular complexity index is 1210. The normalized spacial score (nSPS) is 15.9. The van der Waals surface area contributed by atoms with Crippen LogP contribution in [0.15, 0.2) is 53.8 Å². The van der Waals surface area contributed by atoms with E-state index in [1.165, 1.54) is 6.20 Å². The minimum absolute atomic E-state index is 0.0789. The highest BCUT2D eigenvalue weighted by molar-refractivity contribution is 5.70. The number of aliphatic carboxylic acids is 1. The smallest absolute Gasteiger partial charge is 0.306 e. The zero-order chi connectivity index (χ0) is 23.5. The first-order valence-electron chi connectivity index (χ1n) is 10.9. The van der Waals surface area contributed by atoms with Gasteiger partial charge >= 0.3 is 5.97 Å². The van der Waals surface area contributed by atoms with E-state index in [1.807, 2.05) is 30.3 Å². The predicted octanol–water partition coefficient (Wildman–Crippen LogP) is 5.79. The molecule has 33 heavy (non-hydrogen) atoms. The molecule has 7 heteroatoms.